The molecule has 1 rings (SSSR count). The van der Waals surface area contributed by atoms with Crippen molar-refractivity contribution in [2.24, 2.45) is 0 Å². The molecule has 0 bridgehead atoms. The minimum absolute atomic E-state index is 0.0862. The Balaban J connectivity index is 2.47. The predicted molar refractivity (Wildman–Crippen MR) is 80.0 cm³/mol. The summed E-state index contributed by atoms with van der Waals surface area (Å²) in [5.74, 6) is 0.0862. The summed E-state index contributed by atoms with van der Waals surface area (Å²) in [5.41, 5.74) is 3.46. The highest BCUT2D eigenvalue weighted by Crippen LogP contribution is 2.24. The van der Waals surface area contributed by atoms with Gasteiger partial charge in [0.1, 0.15) is 0 Å². The minimum atomic E-state index is 0.0862. The van der Waals surface area contributed by atoms with E-state index in [9.17, 15) is 4.79 Å². The number of hydrogen-bond acceptors (Lipinski definition) is 2. The maximum absolute atomic E-state index is 11.5. The largest absolute Gasteiger partial charge is 0.385 e. The van der Waals surface area contributed by atoms with Crippen LogP contribution in [0, 0.1) is 13.8 Å². The van der Waals surface area contributed by atoms with Gasteiger partial charge in [-0.05, 0) is 51.0 Å². The van der Waals surface area contributed by atoms with E-state index in [-0.39, 0.29) is 11.9 Å². The molecule has 0 saturated heterocycles. The lowest BCUT2D eigenvalue weighted by molar-refractivity contribution is -0.121. The Labute approximate surface area is 117 Å². The van der Waals surface area contributed by atoms with Crippen LogP contribution in [0.15, 0.2) is 16.6 Å². The molecule has 0 saturated carbocycles. The van der Waals surface area contributed by atoms with E-state index in [1.54, 1.807) is 0 Å². The second-order valence-electron chi connectivity index (χ2n) is 4.82. The standard InChI is InChI=1S/C14H21BrN2O/c1-9(2)17-13(18)5-6-16-12-7-10(3)14(15)11(4)8-12/h7-9,16H,5-6H2,1-4H3,(H,17,18). The van der Waals surface area contributed by atoms with Gasteiger partial charge in [0.25, 0.3) is 0 Å². The van der Waals surface area contributed by atoms with Gasteiger partial charge in [-0.15, -0.1) is 0 Å². The molecule has 100 valence electrons. The van der Waals surface area contributed by atoms with Gasteiger partial charge in [0, 0.05) is 29.2 Å². The second-order valence-corrected chi connectivity index (χ2v) is 5.62. The summed E-state index contributed by atoms with van der Waals surface area (Å²) < 4.78 is 1.14. The molecule has 0 fully saturated rings. The van der Waals surface area contributed by atoms with E-state index in [4.69, 9.17) is 0 Å². The van der Waals surface area contributed by atoms with E-state index in [0.717, 1.165) is 10.2 Å². The zero-order chi connectivity index (χ0) is 13.7. The number of nitrogens with one attached hydrogen (secondary N) is 2. The Hall–Kier alpha value is -1.03. The molecule has 0 atom stereocenters. The Bertz CT molecular complexity index is 407. The first-order chi connectivity index (χ1) is 8.40. The zero-order valence-corrected chi connectivity index (χ0v) is 13.0. The normalized spacial score (nSPS) is 10.6. The molecule has 4 heteroatoms. The molecule has 1 aromatic rings. The summed E-state index contributed by atoms with van der Waals surface area (Å²) in [6, 6.07) is 4.36. The van der Waals surface area contributed by atoms with Crippen LogP contribution in [0.4, 0.5) is 5.69 Å². The lowest BCUT2D eigenvalue weighted by Gasteiger charge is -2.11. The molecule has 0 radical (unpaired) electrons. The van der Waals surface area contributed by atoms with Crippen molar-refractivity contribution in [3.63, 3.8) is 0 Å². The fraction of sp³-hybridized carbons (Fsp3) is 0.500. The van der Waals surface area contributed by atoms with Crippen molar-refractivity contribution in [3.8, 4) is 0 Å². The van der Waals surface area contributed by atoms with Gasteiger partial charge < -0.3 is 10.6 Å². The molecule has 0 unspecified atom stereocenters. The third kappa shape index (κ3) is 4.69. The van der Waals surface area contributed by atoms with Crippen LogP contribution in [0.3, 0.4) is 0 Å². The number of carbonyl (C=O) groups is 1. The Morgan fingerprint density at radius 3 is 2.33 bits per heavy atom. The molecule has 2 N–H and O–H groups in total. The molecule has 0 aliphatic rings. The zero-order valence-electron chi connectivity index (χ0n) is 11.4. The topological polar surface area (TPSA) is 41.1 Å². The second kappa shape index (κ2) is 6.78. The van der Waals surface area contributed by atoms with Crippen molar-refractivity contribution in [1.29, 1.82) is 0 Å². The number of benzene rings is 1. The van der Waals surface area contributed by atoms with Crippen molar-refractivity contribution in [1.82, 2.24) is 5.32 Å². The minimum Gasteiger partial charge on any atom is -0.385 e. The van der Waals surface area contributed by atoms with Crippen molar-refractivity contribution >= 4 is 27.5 Å². The summed E-state index contributed by atoms with van der Waals surface area (Å²) in [7, 11) is 0. The van der Waals surface area contributed by atoms with Crippen LogP contribution in [0.5, 0.6) is 0 Å². The number of aryl methyl sites for hydroxylation is 2. The highest BCUT2D eigenvalue weighted by atomic mass is 79.9. The third-order valence-electron chi connectivity index (χ3n) is 2.57. The first kappa shape index (κ1) is 15.0. The van der Waals surface area contributed by atoms with Crippen molar-refractivity contribution in [2.45, 2.75) is 40.2 Å². The van der Waals surface area contributed by atoms with Gasteiger partial charge in [0.2, 0.25) is 5.91 Å². The summed E-state index contributed by atoms with van der Waals surface area (Å²) in [6.07, 6.45) is 0.492. The van der Waals surface area contributed by atoms with Crippen molar-refractivity contribution in [3.05, 3.63) is 27.7 Å². The van der Waals surface area contributed by atoms with Gasteiger partial charge in [-0.2, -0.15) is 0 Å². The van der Waals surface area contributed by atoms with E-state index in [2.05, 4.69) is 52.5 Å². The van der Waals surface area contributed by atoms with E-state index in [1.165, 1.54) is 11.1 Å². The maximum atomic E-state index is 11.5. The average molecular weight is 313 g/mol. The molecular formula is C14H21BrN2O. The highest BCUT2D eigenvalue weighted by molar-refractivity contribution is 9.10. The smallest absolute Gasteiger partial charge is 0.221 e. The lowest BCUT2D eigenvalue weighted by Crippen LogP contribution is -2.31. The van der Waals surface area contributed by atoms with E-state index >= 15 is 0 Å². The van der Waals surface area contributed by atoms with Crippen LogP contribution in [0.25, 0.3) is 0 Å². The van der Waals surface area contributed by atoms with Crippen LogP contribution in [0.1, 0.15) is 31.4 Å². The monoisotopic (exact) mass is 312 g/mol. The third-order valence-corrected chi connectivity index (χ3v) is 3.82. The van der Waals surface area contributed by atoms with Crippen LogP contribution < -0.4 is 10.6 Å². The van der Waals surface area contributed by atoms with Crippen molar-refractivity contribution in [2.75, 3.05) is 11.9 Å². The van der Waals surface area contributed by atoms with E-state index in [1.807, 2.05) is 13.8 Å². The fourth-order valence-corrected chi connectivity index (χ4v) is 1.99. The first-order valence-corrected chi connectivity index (χ1v) is 6.99. The fourth-order valence-electron chi connectivity index (χ4n) is 1.76. The SMILES string of the molecule is Cc1cc(NCCC(=O)NC(C)C)cc(C)c1Br. The molecule has 0 aromatic heterocycles. The molecule has 1 amide bonds. The number of rotatable bonds is 5. The summed E-state index contributed by atoms with van der Waals surface area (Å²) in [6.45, 7) is 8.71. The number of amides is 1. The van der Waals surface area contributed by atoms with Gasteiger partial charge in [-0.3, -0.25) is 4.79 Å². The van der Waals surface area contributed by atoms with E-state index < -0.39 is 0 Å². The van der Waals surface area contributed by atoms with Crippen LogP contribution in [0.2, 0.25) is 0 Å². The van der Waals surface area contributed by atoms with Crippen LogP contribution >= 0.6 is 15.9 Å². The van der Waals surface area contributed by atoms with Crippen molar-refractivity contribution < 1.29 is 4.79 Å². The molecule has 3 nitrogen and oxygen atoms in total. The predicted octanol–water partition coefficient (Wildman–Crippen LogP) is 3.39. The van der Waals surface area contributed by atoms with Gasteiger partial charge in [0.15, 0.2) is 0 Å². The molecule has 0 spiro atoms. The summed E-state index contributed by atoms with van der Waals surface area (Å²) >= 11 is 3.54. The molecule has 1 aromatic carbocycles. The van der Waals surface area contributed by atoms with E-state index in [0.29, 0.717) is 13.0 Å². The summed E-state index contributed by atoms with van der Waals surface area (Å²) in [4.78, 5) is 11.5. The quantitative estimate of drug-likeness (QED) is 0.875. The van der Waals surface area contributed by atoms with Gasteiger partial charge in [-0.25, -0.2) is 0 Å². The first-order valence-electron chi connectivity index (χ1n) is 6.20. The molecule has 0 aliphatic carbocycles. The molecular weight excluding hydrogens is 292 g/mol. The number of carbonyl (C=O) groups excluding carboxylic acids is 1. The summed E-state index contributed by atoms with van der Waals surface area (Å²) in [5, 5.41) is 6.15. The van der Waals surface area contributed by atoms with Crippen LogP contribution in [-0.4, -0.2) is 18.5 Å². The maximum Gasteiger partial charge on any atom is 0.221 e. The molecule has 0 aliphatic heterocycles. The number of anilines is 1. The number of hydrogen-bond donors (Lipinski definition) is 2. The number of halogens is 1. The highest BCUT2D eigenvalue weighted by Gasteiger charge is 2.04. The van der Waals surface area contributed by atoms with Crippen LogP contribution in [-0.2, 0) is 4.79 Å². The Morgan fingerprint density at radius 1 is 1.28 bits per heavy atom. The molecule has 0 heterocycles. The Kier molecular flexibility index (Phi) is 5.66. The van der Waals surface area contributed by atoms with Gasteiger partial charge in [-0.1, -0.05) is 15.9 Å². The molecule has 18 heavy (non-hydrogen) atoms. The average Bonchev–Trinajstić information content (AvgIpc) is 2.24. The lowest BCUT2D eigenvalue weighted by atomic mass is 10.1. The van der Waals surface area contributed by atoms with Gasteiger partial charge >= 0.3 is 0 Å². The Morgan fingerprint density at radius 2 is 1.83 bits per heavy atom. The van der Waals surface area contributed by atoms with Gasteiger partial charge in [0.05, 0.1) is 0 Å².